The molecule has 0 aromatic heterocycles. The molecule has 112 valence electrons. The number of carbonyl (C=O) groups excluding carboxylic acids is 1. The number of rotatable bonds is 5. The molecule has 0 aliphatic rings. The minimum Gasteiger partial charge on any atom is -0.504 e. The van der Waals surface area contributed by atoms with Gasteiger partial charge in [-0.05, 0) is 24.6 Å². The average molecular weight is 288 g/mol. The van der Waals surface area contributed by atoms with Gasteiger partial charge in [-0.1, -0.05) is 31.6 Å². The molecule has 0 heterocycles. The summed E-state index contributed by atoms with van der Waals surface area (Å²) in [5.41, 5.74) is 0.866. The molecule has 0 aliphatic heterocycles. The molecular formula is C17H20O4. The van der Waals surface area contributed by atoms with Crippen molar-refractivity contribution in [3.05, 3.63) is 29.3 Å². The lowest BCUT2D eigenvalue weighted by Gasteiger charge is -2.04. The normalized spacial score (nSPS) is 10.2. The van der Waals surface area contributed by atoms with Gasteiger partial charge >= 0.3 is 5.97 Å². The number of benzene rings is 1. The Balaban J connectivity index is 3.00. The first-order valence-electron chi connectivity index (χ1n) is 6.90. The van der Waals surface area contributed by atoms with Gasteiger partial charge in [0, 0.05) is 23.6 Å². The van der Waals surface area contributed by atoms with Gasteiger partial charge in [0.2, 0.25) is 0 Å². The molecule has 4 heteroatoms. The molecule has 1 rings (SSSR count). The van der Waals surface area contributed by atoms with Gasteiger partial charge in [0.05, 0.1) is 7.11 Å². The Morgan fingerprint density at radius 3 is 2.76 bits per heavy atom. The molecule has 0 saturated carbocycles. The summed E-state index contributed by atoms with van der Waals surface area (Å²) in [6.45, 7) is 2.13. The highest BCUT2D eigenvalue weighted by Gasteiger charge is 2.09. The molecule has 0 spiro atoms. The Labute approximate surface area is 125 Å². The first kappa shape index (κ1) is 16.6. The second-order valence-corrected chi connectivity index (χ2v) is 4.51. The Bertz CT molecular complexity index is 576. The van der Waals surface area contributed by atoms with E-state index in [4.69, 9.17) is 0 Å². The van der Waals surface area contributed by atoms with Gasteiger partial charge in [-0.15, -0.1) is 0 Å². The second-order valence-electron chi connectivity index (χ2n) is 4.51. The van der Waals surface area contributed by atoms with E-state index in [2.05, 4.69) is 23.5 Å². The molecule has 4 nitrogen and oxygen atoms in total. The highest BCUT2D eigenvalue weighted by Crippen LogP contribution is 2.32. The van der Waals surface area contributed by atoms with E-state index in [-0.39, 0.29) is 11.5 Å². The Morgan fingerprint density at radius 2 is 2.10 bits per heavy atom. The maximum absolute atomic E-state index is 11.1. The molecule has 0 amide bonds. The molecule has 0 fully saturated rings. The van der Waals surface area contributed by atoms with Crippen molar-refractivity contribution >= 4 is 12.0 Å². The van der Waals surface area contributed by atoms with Crippen molar-refractivity contribution in [3.8, 4) is 23.3 Å². The van der Waals surface area contributed by atoms with Crippen LogP contribution in [0.5, 0.6) is 11.5 Å². The third-order valence-corrected chi connectivity index (χ3v) is 2.91. The van der Waals surface area contributed by atoms with Crippen LogP contribution in [0.25, 0.3) is 6.08 Å². The smallest absolute Gasteiger partial charge is 0.330 e. The molecule has 21 heavy (non-hydrogen) atoms. The fourth-order valence-corrected chi connectivity index (χ4v) is 1.71. The summed E-state index contributed by atoms with van der Waals surface area (Å²) in [7, 11) is 1.27. The quantitative estimate of drug-likeness (QED) is 0.287. The Morgan fingerprint density at radius 1 is 1.33 bits per heavy atom. The molecule has 0 aliphatic carbocycles. The number of ether oxygens (including phenoxy) is 1. The summed E-state index contributed by atoms with van der Waals surface area (Å²) < 4.78 is 4.50. The van der Waals surface area contributed by atoms with Crippen LogP contribution in [-0.2, 0) is 9.53 Å². The fourth-order valence-electron chi connectivity index (χ4n) is 1.71. The first-order chi connectivity index (χ1) is 10.1. The van der Waals surface area contributed by atoms with E-state index in [1.54, 1.807) is 6.07 Å². The minimum atomic E-state index is -0.542. The molecule has 0 saturated heterocycles. The predicted octanol–water partition coefficient (Wildman–Crippen LogP) is 3.22. The Kier molecular flexibility index (Phi) is 6.90. The lowest BCUT2D eigenvalue weighted by molar-refractivity contribution is -0.134. The van der Waals surface area contributed by atoms with Gasteiger partial charge in [0.1, 0.15) is 0 Å². The van der Waals surface area contributed by atoms with Gasteiger partial charge < -0.3 is 14.9 Å². The summed E-state index contributed by atoms with van der Waals surface area (Å²) in [6, 6.07) is 2.99. The van der Waals surface area contributed by atoms with Crippen LogP contribution in [0.15, 0.2) is 18.2 Å². The second kappa shape index (κ2) is 8.70. The topological polar surface area (TPSA) is 66.8 Å². The van der Waals surface area contributed by atoms with Crippen LogP contribution in [0.1, 0.15) is 43.7 Å². The zero-order valence-electron chi connectivity index (χ0n) is 12.3. The van der Waals surface area contributed by atoms with E-state index in [1.165, 1.54) is 25.3 Å². The average Bonchev–Trinajstić information content (AvgIpc) is 2.49. The number of aromatic hydroxyl groups is 2. The fraction of sp³-hybridized carbons (Fsp3) is 0.353. The van der Waals surface area contributed by atoms with Crippen LogP contribution in [0, 0.1) is 11.8 Å². The van der Waals surface area contributed by atoms with E-state index in [0.29, 0.717) is 11.1 Å². The molecule has 1 aromatic rings. The summed E-state index contributed by atoms with van der Waals surface area (Å²) in [6.07, 6.45) is 6.63. The van der Waals surface area contributed by atoms with Crippen molar-refractivity contribution < 1.29 is 19.7 Å². The van der Waals surface area contributed by atoms with Gasteiger partial charge in [0.15, 0.2) is 11.5 Å². The van der Waals surface area contributed by atoms with Crippen molar-refractivity contribution in [3.63, 3.8) is 0 Å². The SMILES string of the molecule is CCCCCC#Cc1ccc(O)c(O)c1C=CC(=O)OC. The Hall–Kier alpha value is -2.41. The van der Waals surface area contributed by atoms with E-state index in [9.17, 15) is 15.0 Å². The first-order valence-corrected chi connectivity index (χ1v) is 6.90. The van der Waals surface area contributed by atoms with Crippen molar-refractivity contribution in [2.45, 2.75) is 32.6 Å². The van der Waals surface area contributed by atoms with Crippen molar-refractivity contribution in [1.82, 2.24) is 0 Å². The lowest BCUT2D eigenvalue weighted by Crippen LogP contribution is -1.94. The van der Waals surface area contributed by atoms with E-state index >= 15 is 0 Å². The molecule has 0 radical (unpaired) electrons. The van der Waals surface area contributed by atoms with Crippen LogP contribution in [0.3, 0.4) is 0 Å². The number of unbranched alkanes of at least 4 members (excludes halogenated alkanes) is 3. The highest BCUT2D eigenvalue weighted by molar-refractivity contribution is 5.88. The third-order valence-electron chi connectivity index (χ3n) is 2.91. The number of phenols is 2. The largest absolute Gasteiger partial charge is 0.504 e. The van der Waals surface area contributed by atoms with Crippen molar-refractivity contribution in [2.24, 2.45) is 0 Å². The van der Waals surface area contributed by atoms with Gasteiger partial charge in [-0.3, -0.25) is 0 Å². The summed E-state index contributed by atoms with van der Waals surface area (Å²) in [5, 5.41) is 19.4. The molecular weight excluding hydrogens is 268 g/mol. The van der Waals surface area contributed by atoms with Crippen LogP contribution < -0.4 is 0 Å². The summed E-state index contributed by atoms with van der Waals surface area (Å²) in [4.78, 5) is 11.1. The van der Waals surface area contributed by atoms with Crippen molar-refractivity contribution in [2.75, 3.05) is 7.11 Å². The van der Waals surface area contributed by atoms with E-state index in [0.717, 1.165) is 25.7 Å². The highest BCUT2D eigenvalue weighted by atomic mass is 16.5. The predicted molar refractivity (Wildman–Crippen MR) is 81.8 cm³/mol. The summed E-state index contributed by atoms with van der Waals surface area (Å²) in [5.74, 6) is 4.90. The number of hydrogen-bond donors (Lipinski definition) is 2. The van der Waals surface area contributed by atoms with Gasteiger partial charge in [-0.25, -0.2) is 4.79 Å². The standard InChI is InChI=1S/C17H20O4/c1-3-4-5-6-7-8-13-9-11-15(18)17(20)14(13)10-12-16(19)21-2/h9-12,18,20H,3-6H2,1-2H3. The number of phenolic OH excluding ortho intramolecular Hbond substituents is 2. The van der Waals surface area contributed by atoms with Crippen LogP contribution >= 0.6 is 0 Å². The number of carbonyl (C=O) groups is 1. The number of esters is 1. The number of methoxy groups -OCH3 is 1. The molecule has 2 N–H and O–H groups in total. The minimum absolute atomic E-state index is 0.254. The number of hydrogen-bond acceptors (Lipinski definition) is 4. The van der Waals surface area contributed by atoms with Crippen LogP contribution in [0.4, 0.5) is 0 Å². The third kappa shape index (κ3) is 5.23. The molecule has 0 atom stereocenters. The molecule has 0 unspecified atom stereocenters. The monoisotopic (exact) mass is 288 g/mol. The van der Waals surface area contributed by atoms with E-state index < -0.39 is 5.97 Å². The van der Waals surface area contributed by atoms with Crippen molar-refractivity contribution in [1.29, 1.82) is 0 Å². The van der Waals surface area contributed by atoms with Gasteiger partial charge in [0.25, 0.3) is 0 Å². The summed E-state index contributed by atoms with van der Waals surface area (Å²) >= 11 is 0. The lowest BCUT2D eigenvalue weighted by atomic mass is 10.0. The molecule has 0 bridgehead atoms. The van der Waals surface area contributed by atoms with E-state index in [1.807, 2.05) is 0 Å². The zero-order valence-corrected chi connectivity index (χ0v) is 12.3. The maximum Gasteiger partial charge on any atom is 0.330 e. The zero-order chi connectivity index (χ0) is 15.7. The van der Waals surface area contributed by atoms with Crippen LogP contribution in [0.2, 0.25) is 0 Å². The molecule has 1 aromatic carbocycles. The van der Waals surface area contributed by atoms with Crippen LogP contribution in [-0.4, -0.2) is 23.3 Å². The van der Waals surface area contributed by atoms with Gasteiger partial charge in [-0.2, -0.15) is 0 Å². The maximum atomic E-state index is 11.1.